The summed E-state index contributed by atoms with van der Waals surface area (Å²) in [5, 5.41) is 5.72. The van der Waals surface area contributed by atoms with Crippen molar-refractivity contribution in [2.75, 3.05) is 5.32 Å². The van der Waals surface area contributed by atoms with Crippen molar-refractivity contribution in [3.05, 3.63) is 95.3 Å². The molecule has 3 rings (SSSR count). The molecule has 1 aromatic heterocycles. The molecule has 0 aliphatic heterocycles. The van der Waals surface area contributed by atoms with Gasteiger partial charge in [-0.25, -0.2) is 0 Å². The van der Waals surface area contributed by atoms with Crippen LogP contribution >= 0.6 is 0 Å². The normalized spacial score (nSPS) is 10.2. The van der Waals surface area contributed by atoms with E-state index in [1.165, 1.54) is 6.20 Å². The van der Waals surface area contributed by atoms with E-state index in [-0.39, 0.29) is 11.8 Å². The van der Waals surface area contributed by atoms with Gasteiger partial charge in [0, 0.05) is 30.2 Å². The lowest BCUT2D eigenvalue weighted by Crippen LogP contribution is -2.23. The lowest BCUT2D eigenvalue weighted by Gasteiger charge is -2.09. The second kappa shape index (κ2) is 8.07. The highest BCUT2D eigenvalue weighted by atomic mass is 16.2. The molecule has 0 fully saturated rings. The van der Waals surface area contributed by atoms with Gasteiger partial charge >= 0.3 is 0 Å². The van der Waals surface area contributed by atoms with Gasteiger partial charge in [0.15, 0.2) is 0 Å². The van der Waals surface area contributed by atoms with E-state index in [0.29, 0.717) is 23.4 Å². The number of aryl methyl sites for hydroxylation is 1. The third-order valence-corrected chi connectivity index (χ3v) is 3.98. The molecule has 0 unspecified atom stereocenters. The maximum absolute atomic E-state index is 12.2. The second-order valence-electron chi connectivity index (χ2n) is 5.89. The van der Waals surface area contributed by atoms with Crippen molar-refractivity contribution in [2.24, 2.45) is 0 Å². The average Bonchev–Trinajstić information content (AvgIpc) is 2.68. The van der Waals surface area contributed by atoms with Gasteiger partial charge < -0.3 is 10.6 Å². The quantitative estimate of drug-likeness (QED) is 0.742. The molecule has 2 N–H and O–H groups in total. The molecule has 5 nitrogen and oxygen atoms in total. The number of carbonyl (C=O) groups is 2. The summed E-state index contributed by atoms with van der Waals surface area (Å²) in [4.78, 5) is 28.3. The van der Waals surface area contributed by atoms with Crippen LogP contribution < -0.4 is 10.6 Å². The van der Waals surface area contributed by atoms with Crippen LogP contribution in [0.3, 0.4) is 0 Å². The summed E-state index contributed by atoms with van der Waals surface area (Å²) >= 11 is 0. The first-order valence-corrected chi connectivity index (χ1v) is 8.27. The fourth-order valence-electron chi connectivity index (χ4n) is 2.51. The molecule has 5 heteroatoms. The van der Waals surface area contributed by atoms with Crippen LogP contribution in [0.15, 0.2) is 73.1 Å². The Bertz CT molecular complexity index is 906. The van der Waals surface area contributed by atoms with E-state index in [1.807, 2.05) is 55.5 Å². The number of benzene rings is 2. The predicted octanol–water partition coefficient (Wildman–Crippen LogP) is 3.57. The fraction of sp³-hybridized carbons (Fsp3) is 0.0952. The Morgan fingerprint density at radius 1 is 0.923 bits per heavy atom. The highest BCUT2D eigenvalue weighted by Crippen LogP contribution is 2.12. The van der Waals surface area contributed by atoms with Crippen molar-refractivity contribution >= 4 is 17.5 Å². The topological polar surface area (TPSA) is 71.1 Å². The first-order valence-electron chi connectivity index (χ1n) is 8.27. The highest BCUT2D eigenvalue weighted by molar-refractivity contribution is 6.04. The van der Waals surface area contributed by atoms with Crippen LogP contribution in [-0.4, -0.2) is 16.8 Å². The van der Waals surface area contributed by atoms with Gasteiger partial charge in [-0.2, -0.15) is 0 Å². The number of aromatic nitrogens is 1. The Hall–Kier alpha value is -3.47. The van der Waals surface area contributed by atoms with Crippen molar-refractivity contribution in [3.8, 4) is 0 Å². The van der Waals surface area contributed by atoms with Crippen molar-refractivity contribution in [2.45, 2.75) is 13.5 Å². The molecule has 1 heterocycles. The molecular weight excluding hydrogens is 326 g/mol. The number of amides is 2. The summed E-state index contributed by atoms with van der Waals surface area (Å²) in [7, 11) is 0. The van der Waals surface area contributed by atoms with Crippen LogP contribution in [-0.2, 0) is 6.54 Å². The van der Waals surface area contributed by atoms with Gasteiger partial charge in [0.05, 0.1) is 5.56 Å². The Labute approximate surface area is 152 Å². The molecule has 0 aliphatic carbocycles. The molecule has 3 aromatic rings. The zero-order valence-electron chi connectivity index (χ0n) is 14.4. The van der Waals surface area contributed by atoms with Gasteiger partial charge in [-0.05, 0) is 48.4 Å². The number of rotatable bonds is 5. The average molecular weight is 345 g/mol. The minimum Gasteiger partial charge on any atom is -0.348 e. The number of carbonyl (C=O) groups excluding carboxylic acids is 2. The smallest absolute Gasteiger partial charge is 0.257 e. The molecule has 2 amide bonds. The van der Waals surface area contributed by atoms with Crippen molar-refractivity contribution in [3.63, 3.8) is 0 Å². The molecule has 0 atom stereocenters. The fourth-order valence-corrected chi connectivity index (χ4v) is 2.51. The van der Waals surface area contributed by atoms with E-state index in [2.05, 4.69) is 15.6 Å². The van der Waals surface area contributed by atoms with Gasteiger partial charge in [0.1, 0.15) is 0 Å². The molecule has 0 saturated heterocycles. The maximum atomic E-state index is 12.2. The monoisotopic (exact) mass is 345 g/mol. The van der Waals surface area contributed by atoms with Crippen molar-refractivity contribution < 1.29 is 9.59 Å². The largest absolute Gasteiger partial charge is 0.348 e. The summed E-state index contributed by atoms with van der Waals surface area (Å²) in [5.74, 6) is -0.309. The summed E-state index contributed by atoms with van der Waals surface area (Å²) in [6, 6.07) is 18.3. The molecular formula is C21H19N3O2. The number of nitrogens with one attached hydrogen (secondary N) is 2. The zero-order chi connectivity index (χ0) is 18.4. The second-order valence-corrected chi connectivity index (χ2v) is 5.89. The molecule has 0 radical (unpaired) electrons. The predicted molar refractivity (Wildman–Crippen MR) is 101 cm³/mol. The van der Waals surface area contributed by atoms with Crippen LogP contribution in [0.2, 0.25) is 0 Å². The Morgan fingerprint density at radius 3 is 2.38 bits per heavy atom. The molecule has 0 bridgehead atoms. The molecule has 2 aromatic carbocycles. The SMILES string of the molecule is Cc1ccccc1C(=O)NCc1ccc(NC(=O)c2cccnc2)cc1. The van der Waals surface area contributed by atoms with Crippen LogP contribution in [0.5, 0.6) is 0 Å². The third kappa shape index (κ3) is 4.33. The van der Waals surface area contributed by atoms with Gasteiger partial charge in [-0.15, -0.1) is 0 Å². The standard InChI is InChI=1S/C21H19N3O2/c1-15-5-2-3-7-19(15)21(26)23-13-16-8-10-18(11-9-16)24-20(25)17-6-4-12-22-14-17/h2-12,14H,13H2,1H3,(H,23,26)(H,24,25). The van der Waals surface area contributed by atoms with Crippen LogP contribution in [0.25, 0.3) is 0 Å². The number of hydrogen-bond acceptors (Lipinski definition) is 3. The summed E-state index contributed by atoms with van der Waals surface area (Å²) in [5.41, 5.74) is 3.76. The Morgan fingerprint density at radius 2 is 1.69 bits per heavy atom. The van der Waals surface area contributed by atoms with E-state index in [1.54, 1.807) is 18.3 Å². The molecule has 0 saturated carbocycles. The van der Waals surface area contributed by atoms with Gasteiger partial charge in [0.2, 0.25) is 0 Å². The molecule has 130 valence electrons. The number of hydrogen-bond donors (Lipinski definition) is 2. The van der Waals surface area contributed by atoms with Crippen LogP contribution in [0.4, 0.5) is 5.69 Å². The van der Waals surface area contributed by atoms with Gasteiger partial charge in [-0.1, -0.05) is 30.3 Å². The molecule has 26 heavy (non-hydrogen) atoms. The summed E-state index contributed by atoms with van der Waals surface area (Å²) in [6.45, 7) is 2.33. The number of pyridine rings is 1. The van der Waals surface area contributed by atoms with Crippen molar-refractivity contribution in [1.29, 1.82) is 0 Å². The lowest BCUT2D eigenvalue weighted by atomic mass is 10.1. The first-order chi connectivity index (χ1) is 12.6. The maximum Gasteiger partial charge on any atom is 0.257 e. The highest BCUT2D eigenvalue weighted by Gasteiger charge is 2.08. The van der Waals surface area contributed by atoms with Gasteiger partial charge in [0.25, 0.3) is 11.8 Å². The van der Waals surface area contributed by atoms with E-state index in [4.69, 9.17) is 0 Å². The number of nitrogens with zero attached hydrogens (tertiary/aromatic N) is 1. The Balaban J connectivity index is 1.57. The van der Waals surface area contributed by atoms with E-state index < -0.39 is 0 Å². The zero-order valence-corrected chi connectivity index (χ0v) is 14.4. The van der Waals surface area contributed by atoms with Crippen LogP contribution in [0.1, 0.15) is 31.8 Å². The summed E-state index contributed by atoms with van der Waals surface area (Å²) < 4.78 is 0. The lowest BCUT2D eigenvalue weighted by molar-refractivity contribution is 0.0949. The van der Waals surface area contributed by atoms with E-state index >= 15 is 0 Å². The molecule has 0 spiro atoms. The van der Waals surface area contributed by atoms with E-state index in [0.717, 1.165) is 11.1 Å². The van der Waals surface area contributed by atoms with E-state index in [9.17, 15) is 9.59 Å². The minimum atomic E-state index is -0.210. The molecule has 0 aliphatic rings. The minimum absolute atomic E-state index is 0.0999. The summed E-state index contributed by atoms with van der Waals surface area (Å²) in [6.07, 6.45) is 3.14. The van der Waals surface area contributed by atoms with Gasteiger partial charge in [-0.3, -0.25) is 14.6 Å². The first kappa shape index (κ1) is 17.4. The third-order valence-electron chi connectivity index (χ3n) is 3.98. The van der Waals surface area contributed by atoms with Crippen molar-refractivity contribution in [1.82, 2.24) is 10.3 Å². The van der Waals surface area contributed by atoms with Crippen LogP contribution in [0, 0.1) is 6.92 Å². The Kier molecular flexibility index (Phi) is 5.39. The number of anilines is 1.